The molecule has 186 valence electrons. The summed E-state index contributed by atoms with van der Waals surface area (Å²) < 4.78 is 15.7. The summed E-state index contributed by atoms with van der Waals surface area (Å²) in [6.45, 7) is 6.93. The van der Waals surface area contributed by atoms with Gasteiger partial charge in [0.2, 0.25) is 0 Å². The lowest BCUT2D eigenvalue weighted by molar-refractivity contribution is -0.0697. The first-order valence-electron chi connectivity index (χ1n) is 12.8. The fraction of sp³-hybridized carbons (Fsp3) is 0.500. The number of rotatable bonds is 8. The second-order valence-corrected chi connectivity index (χ2v) is 10.4. The maximum absolute atomic E-state index is 13.8. The smallest absolute Gasteiger partial charge is 0.142 e. The number of aryl methyl sites for hydroxylation is 1. The van der Waals surface area contributed by atoms with Crippen molar-refractivity contribution in [3.05, 3.63) is 59.7 Å². The number of piperidine rings is 1. The Morgan fingerprint density at radius 3 is 2.66 bits per heavy atom. The van der Waals surface area contributed by atoms with E-state index < -0.39 is 5.60 Å². The Bertz CT molecular complexity index is 1190. The summed E-state index contributed by atoms with van der Waals surface area (Å²) in [6, 6.07) is 10.2. The lowest BCUT2D eigenvalue weighted by atomic mass is 9.83. The van der Waals surface area contributed by atoms with Crippen LogP contribution in [0, 0.1) is 11.7 Å². The predicted octanol–water partition coefficient (Wildman–Crippen LogP) is 4.60. The molecule has 0 amide bonds. The molecule has 2 N–H and O–H groups in total. The van der Waals surface area contributed by atoms with E-state index in [1.807, 2.05) is 17.7 Å². The summed E-state index contributed by atoms with van der Waals surface area (Å²) >= 11 is 0. The van der Waals surface area contributed by atoms with Crippen molar-refractivity contribution in [3.8, 4) is 22.5 Å². The van der Waals surface area contributed by atoms with Crippen LogP contribution in [0.25, 0.3) is 22.5 Å². The SMILES string of the molecule is CCn1nc(-c2ccc(CN3CCC[C@H]([C@](C)(O)CO)C3)c(C3CC3)c2)cc1-c1cncc(F)c1. The number of nitrogens with zero attached hydrogens (tertiary/aromatic N) is 4. The third kappa shape index (κ3) is 5.17. The van der Waals surface area contributed by atoms with E-state index in [0.29, 0.717) is 12.5 Å². The van der Waals surface area contributed by atoms with Gasteiger partial charge in [0.15, 0.2) is 0 Å². The molecule has 1 saturated carbocycles. The molecule has 35 heavy (non-hydrogen) atoms. The molecule has 2 aliphatic rings. The Balaban J connectivity index is 1.41. The van der Waals surface area contributed by atoms with E-state index in [1.165, 1.54) is 36.2 Å². The summed E-state index contributed by atoms with van der Waals surface area (Å²) in [5.41, 5.74) is 5.24. The van der Waals surface area contributed by atoms with Gasteiger partial charge in [-0.05, 0) is 81.3 Å². The highest BCUT2D eigenvalue weighted by Gasteiger charge is 2.35. The van der Waals surface area contributed by atoms with E-state index in [4.69, 9.17) is 5.10 Å². The molecule has 3 heterocycles. The highest BCUT2D eigenvalue weighted by molar-refractivity contribution is 5.69. The van der Waals surface area contributed by atoms with Gasteiger partial charge in [0.1, 0.15) is 5.82 Å². The summed E-state index contributed by atoms with van der Waals surface area (Å²) in [5.74, 6) is 0.318. The van der Waals surface area contributed by atoms with Gasteiger partial charge in [0, 0.05) is 42.9 Å². The van der Waals surface area contributed by atoms with Gasteiger partial charge in [-0.25, -0.2) is 4.39 Å². The topological polar surface area (TPSA) is 74.4 Å². The summed E-state index contributed by atoms with van der Waals surface area (Å²) in [4.78, 5) is 6.42. The molecule has 5 rings (SSSR count). The fourth-order valence-electron chi connectivity index (χ4n) is 5.33. The van der Waals surface area contributed by atoms with Crippen LogP contribution in [0.15, 0.2) is 42.7 Å². The van der Waals surface area contributed by atoms with Crippen LogP contribution in [0.3, 0.4) is 0 Å². The average Bonchev–Trinajstić information content (AvgIpc) is 3.62. The first kappa shape index (κ1) is 24.1. The van der Waals surface area contributed by atoms with Crippen molar-refractivity contribution in [2.45, 2.75) is 64.1 Å². The summed E-state index contributed by atoms with van der Waals surface area (Å²) in [7, 11) is 0. The first-order chi connectivity index (χ1) is 16.9. The molecule has 7 heteroatoms. The molecular weight excluding hydrogens is 443 g/mol. The number of hydrogen-bond acceptors (Lipinski definition) is 5. The standard InChI is InChI=1S/C28H35FN4O2/c1-3-33-27(22-11-24(29)15-30-14-22)13-26(31-33)20-8-9-21(25(12-20)19-6-7-19)16-32-10-4-5-23(17-32)28(2,35)18-34/h8-9,11-15,19,23,34-35H,3-7,10,16-18H2,1-2H3/t23-,28+/m0/s1. The van der Waals surface area contributed by atoms with Gasteiger partial charge in [-0.3, -0.25) is 14.6 Å². The fourth-order valence-corrected chi connectivity index (χ4v) is 5.33. The molecule has 0 radical (unpaired) electrons. The zero-order valence-electron chi connectivity index (χ0n) is 20.6. The molecule has 0 bridgehead atoms. The van der Waals surface area contributed by atoms with Crippen molar-refractivity contribution < 1.29 is 14.6 Å². The molecule has 2 atom stereocenters. The van der Waals surface area contributed by atoms with Gasteiger partial charge in [0.25, 0.3) is 0 Å². The van der Waals surface area contributed by atoms with Gasteiger partial charge in [-0.2, -0.15) is 5.10 Å². The van der Waals surface area contributed by atoms with Crippen LogP contribution in [-0.2, 0) is 13.1 Å². The number of aliphatic hydroxyl groups is 2. The third-order valence-electron chi connectivity index (χ3n) is 7.64. The van der Waals surface area contributed by atoms with E-state index in [1.54, 1.807) is 13.1 Å². The van der Waals surface area contributed by atoms with Crippen LogP contribution in [0.4, 0.5) is 4.39 Å². The minimum Gasteiger partial charge on any atom is -0.393 e. The monoisotopic (exact) mass is 478 g/mol. The molecule has 1 aliphatic heterocycles. The lowest BCUT2D eigenvalue weighted by Crippen LogP contribution is -2.47. The molecule has 1 saturated heterocycles. The first-order valence-corrected chi connectivity index (χ1v) is 12.8. The van der Waals surface area contributed by atoms with Crippen molar-refractivity contribution in [2.24, 2.45) is 5.92 Å². The quantitative estimate of drug-likeness (QED) is 0.495. The second kappa shape index (κ2) is 9.80. The lowest BCUT2D eigenvalue weighted by Gasteiger charge is -2.39. The molecule has 0 spiro atoms. The molecule has 2 aromatic heterocycles. The highest BCUT2D eigenvalue weighted by Crippen LogP contribution is 2.43. The second-order valence-electron chi connectivity index (χ2n) is 10.4. The van der Waals surface area contributed by atoms with E-state index in [0.717, 1.165) is 55.0 Å². The number of hydrogen-bond donors (Lipinski definition) is 2. The molecule has 1 aromatic carbocycles. The van der Waals surface area contributed by atoms with Crippen LogP contribution in [0.5, 0.6) is 0 Å². The van der Waals surface area contributed by atoms with Crippen molar-refractivity contribution in [1.29, 1.82) is 0 Å². The highest BCUT2D eigenvalue weighted by atomic mass is 19.1. The van der Waals surface area contributed by atoms with Crippen LogP contribution < -0.4 is 0 Å². The number of aromatic nitrogens is 3. The average molecular weight is 479 g/mol. The number of benzene rings is 1. The molecule has 1 aliphatic carbocycles. The Morgan fingerprint density at radius 1 is 1.11 bits per heavy atom. The summed E-state index contributed by atoms with van der Waals surface area (Å²) in [6.07, 6.45) is 7.29. The predicted molar refractivity (Wildman–Crippen MR) is 134 cm³/mol. The van der Waals surface area contributed by atoms with Crippen LogP contribution in [0.1, 0.15) is 56.6 Å². The largest absolute Gasteiger partial charge is 0.393 e. The van der Waals surface area contributed by atoms with Crippen molar-refractivity contribution in [3.63, 3.8) is 0 Å². The van der Waals surface area contributed by atoms with Crippen LogP contribution in [0.2, 0.25) is 0 Å². The number of aliphatic hydroxyl groups excluding tert-OH is 1. The number of halogens is 1. The number of likely N-dealkylation sites (tertiary alicyclic amines) is 1. The van der Waals surface area contributed by atoms with E-state index >= 15 is 0 Å². The zero-order chi connectivity index (χ0) is 24.6. The van der Waals surface area contributed by atoms with Gasteiger partial charge in [-0.1, -0.05) is 12.1 Å². The molecule has 6 nitrogen and oxygen atoms in total. The molecule has 2 fully saturated rings. The van der Waals surface area contributed by atoms with E-state index in [9.17, 15) is 14.6 Å². The van der Waals surface area contributed by atoms with Crippen molar-refractivity contribution >= 4 is 0 Å². The normalized spacial score (nSPS) is 20.7. The van der Waals surface area contributed by atoms with Crippen LogP contribution >= 0.6 is 0 Å². The van der Waals surface area contributed by atoms with Crippen LogP contribution in [-0.4, -0.2) is 55.2 Å². The van der Waals surface area contributed by atoms with Gasteiger partial charge in [-0.15, -0.1) is 0 Å². The minimum atomic E-state index is -1.03. The maximum Gasteiger partial charge on any atom is 0.142 e. The Morgan fingerprint density at radius 2 is 1.94 bits per heavy atom. The number of pyridine rings is 1. The Kier molecular flexibility index (Phi) is 6.75. The van der Waals surface area contributed by atoms with Gasteiger partial charge < -0.3 is 10.2 Å². The minimum absolute atomic E-state index is 0.0821. The zero-order valence-corrected chi connectivity index (χ0v) is 20.6. The molecule has 0 unspecified atom stereocenters. The Hall–Kier alpha value is -2.61. The Labute approximate surface area is 206 Å². The van der Waals surface area contributed by atoms with Gasteiger partial charge >= 0.3 is 0 Å². The molecule has 3 aromatic rings. The van der Waals surface area contributed by atoms with Gasteiger partial charge in [0.05, 0.1) is 29.8 Å². The third-order valence-corrected chi connectivity index (χ3v) is 7.64. The van der Waals surface area contributed by atoms with E-state index in [-0.39, 0.29) is 18.3 Å². The molecular formula is C28H35FN4O2. The maximum atomic E-state index is 13.8. The van der Waals surface area contributed by atoms with Crippen molar-refractivity contribution in [2.75, 3.05) is 19.7 Å². The van der Waals surface area contributed by atoms with E-state index in [2.05, 4.69) is 28.1 Å². The summed E-state index contributed by atoms with van der Waals surface area (Å²) in [5, 5.41) is 25.0. The van der Waals surface area contributed by atoms with Crippen molar-refractivity contribution in [1.82, 2.24) is 19.7 Å².